The van der Waals surface area contributed by atoms with Crippen molar-refractivity contribution in [3.63, 3.8) is 0 Å². The first-order chi connectivity index (χ1) is 11.2. The summed E-state index contributed by atoms with van der Waals surface area (Å²) in [6, 6.07) is 10.5. The molecule has 0 atom stereocenters. The molecule has 0 radical (unpaired) electrons. The lowest BCUT2D eigenvalue weighted by atomic mass is 10.0. The van der Waals surface area contributed by atoms with Crippen molar-refractivity contribution in [3.05, 3.63) is 59.9 Å². The number of phenolic OH excluding ortho intramolecular Hbond substituents is 1. The van der Waals surface area contributed by atoms with E-state index < -0.39 is 11.8 Å². The second-order valence-electron chi connectivity index (χ2n) is 5.44. The summed E-state index contributed by atoms with van der Waals surface area (Å²) in [6.07, 6.45) is 4.38. The van der Waals surface area contributed by atoms with Crippen molar-refractivity contribution in [2.75, 3.05) is 19.8 Å². The number of aliphatic hydroxyl groups excluding tert-OH is 1. The Balaban J connectivity index is 1.70. The van der Waals surface area contributed by atoms with Gasteiger partial charge >= 0.3 is 0 Å². The van der Waals surface area contributed by atoms with E-state index in [2.05, 4.69) is 9.98 Å². The fourth-order valence-corrected chi connectivity index (χ4v) is 2.27. The Morgan fingerprint density at radius 1 is 1.22 bits per heavy atom. The second-order valence-corrected chi connectivity index (χ2v) is 5.44. The van der Waals surface area contributed by atoms with Crippen molar-refractivity contribution in [3.8, 4) is 5.75 Å². The average Bonchev–Trinajstić information content (AvgIpc) is 2.62. The quantitative estimate of drug-likeness (QED) is 0.839. The van der Waals surface area contributed by atoms with Gasteiger partial charge in [-0.25, -0.2) is 0 Å². The van der Waals surface area contributed by atoms with Gasteiger partial charge in [0, 0.05) is 29.7 Å². The summed E-state index contributed by atoms with van der Waals surface area (Å²) in [5, 5.41) is 19.5. The predicted molar refractivity (Wildman–Crippen MR) is 84.4 cm³/mol. The van der Waals surface area contributed by atoms with E-state index in [9.17, 15) is 10.2 Å². The van der Waals surface area contributed by atoms with Gasteiger partial charge in [-0.1, -0.05) is 18.2 Å². The van der Waals surface area contributed by atoms with Crippen LogP contribution in [0.25, 0.3) is 0 Å². The van der Waals surface area contributed by atoms with Gasteiger partial charge in [-0.05, 0) is 18.2 Å². The van der Waals surface area contributed by atoms with E-state index in [1.807, 2.05) is 12.1 Å². The minimum atomic E-state index is -0.874. The molecular formula is C17H18N2O4. The lowest BCUT2D eigenvalue weighted by Crippen LogP contribution is -2.46. The van der Waals surface area contributed by atoms with Crippen LogP contribution in [-0.2, 0) is 9.47 Å². The molecule has 6 nitrogen and oxygen atoms in total. The van der Waals surface area contributed by atoms with Crippen molar-refractivity contribution in [1.29, 1.82) is 0 Å². The topological polar surface area (TPSA) is 84.2 Å². The first-order valence-electron chi connectivity index (χ1n) is 7.30. The van der Waals surface area contributed by atoms with Crippen LogP contribution in [0.4, 0.5) is 0 Å². The number of phenols is 1. The van der Waals surface area contributed by atoms with Crippen LogP contribution >= 0.6 is 0 Å². The molecule has 1 aromatic carbocycles. The van der Waals surface area contributed by atoms with Crippen LogP contribution in [0, 0.1) is 0 Å². The first kappa shape index (κ1) is 15.6. The summed E-state index contributed by atoms with van der Waals surface area (Å²) < 4.78 is 11.4. The molecule has 6 heteroatoms. The Labute approximate surface area is 134 Å². The van der Waals surface area contributed by atoms with Gasteiger partial charge < -0.3 is 19.7 Å². The molecule has 2 heterocycles. The van der Waals surface area contributed by atoms with Crippen LogP contribution in [0.1, 0.15) is 17.4 Å². The Hall–Kier alpha value is -2.28. The maximum absolute atomic E-state index is 9.76. The summed E-state index contributed by atoms with van der Waals surface area (Å²) in [4.78, 5) is 8.43. The zero-order valence-corrected chi connectivity index (χ0v) is 12.5. The van der Waals surface area contributed by atoms with Gasteiger partial charge in [0.15, 0.2) is 6.29 Å². The van der Waals surface area contributed by atoms with Gasteiger partial charge in [-0.3, -0.25) is 9.98 Å². The Morgan fingerprint density at radius 2 is 2.00 bits per heavy atom. The molecule has 0 saturated carbocycles. The third-order valence-corrected chi connectivity index (χ3v) is 3.67. The number of ether oxygens (including phenoxy) is 2. The monoisotopic (exact) mass is 314 g/mol. The number of nitrogens with zero attached hydrogens (tertiary/aromatic N) is 2. The van der Waals surface area contributed by atoms with E-state index >= 15 is 0 Å². The summed E-state index contributed by atoms with van der Waals surface area (Å²) in [6.45, 7) is 0.219. The molecule has 1 aliphatic heterocycles. The second kappa shape index (κ2) is 6.87. The molecule has 2 N–H and O–H groups in total. The normalized spacial score (nSPS) is 24.8. The van der Waals surface area contributed by atoms with Gasteiger partial charge in [-0.2, -0.15) is 0 Å². The van der Waals surface area contributed by atoms with Crippen LogP contribution in [0.3, 0.4) is 0 Å². The molecule has 2 aromatic rings. The smallest absolute Gasteiger partial charge is 0.185 e. The fourth-order valence-electron chi connectivity index (χ4n) is 2.27. The van der Waals surface area contributed by atoms with Gasteiger partial charge in [0.05, 0.1) is 19.8 Å². The van der Waals surface area contributed by atoms with Crippen LogP contribution < -0.4 is 0 Å². The van der Waals surface area contributed by atoms with Crippen LogP contribution in [0.15, 0.2) is 53.8 Å². The van der Waals surface area contributed by atoms with Crippen molar-refractivity contribution >= 4 is 6.21 Å². The number of aliphatic imine (C=N–C) groups is 1. The summed E-state index contributed by atoms with van der Waals surface area (Å²) >= 11 is 0. The fraction of sp³-hybridized carbons (Fsp3) is 0.294. The number of aromatic nitrogens is 1. The molecule has 0 unspecified atom stereocenters. The van der Waals surface area contributed by atoms with Crippen molar-refractivity contribution in [2.24, 2.45) is 4.99 Å². The Morgan fingerprint density at radius 3 is 2.65 bits per heavy atom. The molecule has 3 rings (SSSR count). The van der Waals surface area contributed by atoms with Gasteiger partial charge in [0.25, 0.3) is 0 Å². The highest BCUT2D eigenvalue weighted by atomic mass is 16.7. The van der Waals surface area contributed by atoms with E-state index in [0.717, 1.165) is 5.56 Å². The Kier molecular flexibility index (Phi) is 4.66. The highest BCUT2D eigenvalue weighted by Gasteiger charge is 2.36. The number of rotatable bonds is 4. The number of benzene rings is 1. The zero-order chi connectivity index (χ0) is 16.1. The number of para-hydroxylation sites is 1. The van der Waals surface area contributed by atoms with Crippen molar-refractivity contribution in [2.45, 2.75) is 11.8 Å². The number of aromatic hydroxyl groups is 1. The molecule has 1 fully saturated rings. The number of hydrogen-bond acceptors (Lipinski definition) is 6. The zero-order valence-electron chi connectivity index (χ0n) is 12.5. The number of pyridine rings is 1. The molecule has 1 saturated heterocycles. The molecule has 1 aliphatic rings. The average molecular weight is 314 g/mol. The van der Waals surface area contributed by atoms with Crippen LogP contribution in [0.5, 0.6) is 5.75 Å². The van der Waals surface area contributed by atoms with Crippen LogP contribution in [-0.4, -0.2) is 46.8 Å². The number of aliphatic hydroxyl groups is 1. The highest BCUT2D eigenvalue weighted by Crippen LogP contribution is 2.28. The van der Waals surface area contributed by atoms with Gasteiger partial charge in [-0.15, -0.1) is 0 Å². The lowest BCUT2D eigenvalue weighted by molar-refractivity contribution is -0.215. The van der Waals surface area contributed by atoms with E-state index in [0.29, 0.717) is 5.56 Å². The molecule has 120 valence electrons. The third-order valence-electron chi connectivity index (χ3n) is 3.67. The molecule has 0 bridgehead atoms. The van der Waals surface area contributed by atoms with Crippen molar-refractivity contribution in [1.82, 2.24) is 4.98 Å². The summed E-state index contributed by atoms with van der Waals surface area (Å²) in [5.74, 6) is 0.134. The first-order valence-corrected chi connectivity index (χ1v) is 7.30. The lowest BCUT2D eigenvalue weighted by Gasteiger charge is -2.35. The highest BCUT2D eigenvalue weighted by molar-refractivity contribution is 5.83. The third kappa shape index (κ3) is 3.56. The molecule has 0 amide bonds. The molecule has 23 heavy (non-hydrogen) atoms. The maximum Gasteiger partial charge on any atom is 0.185 e. The summed E-state index contributed by atoms with van der Waals surface area (Å²) in [5.41, 5.74) is 0.527. The van der Waals surface area contributed by atoms with Gasteiger partial charge in [0.1, 0.15) is 11.3 Å². The van der Waals surface area contributed by atoms with Crippen LogP contribution in [0.2, 0.25) is 0 Å². The maximum atomic E-state index is 9.76. The Bertz CT molecular complexity index is 667. The molecular weight excluding hydrogens is 296 g/mol. The minimum Gasteiger partial charge on any atom is -0.507 e. The SMILES string of the molecule is OCC1(N=Cc2ccccc2O)COC(c2cccnc2)OC1. The summed E-state index contributed by atoms with van der Waals surface area (Å²) in [7, 11) is 0. The van der Waals surface area contributed by atoms with E-state index in [1.165, 1.54) is 6.21 Å². The van der Waals surface area contributed by atoms with Crippen molar-refractivity contribution < 1.29 is 19.7 Å². The predicted octanol–water partition coefficient (Wildman–Crippen LogP) is 1.68. The van der Waals surface area contributed by atoms with E-state index in [1.54, 1.807) is 36.7 Å². The largest absolute Gasteiger partial charge is 0.507 e. The van der Waals surface area contributed by atoms with Gasteiger partial charge in [0.2, 0.25) is 0 Å². The number of hydrogen-bond donors (Lipinski definition) is 2. The molecule has 0 aliphatic carbocycles. The van der Waals surface area contributed by atoms with E-state index in [4.69, 9.17) is 9.47 Å². The van der Waals surface area contributed by atoms with E-state index in [-0.39, 0.29) is 25.6 Å². The molecule has 0 spiro atoms. The molecule has 1 aromatic heterocycles. The minimum absolute atomic E-state index is 0.134. The standard InChI is InChI=1S/C17H18N2O4/c20-10-17(19-9-13-4-1-2-6-15(13)21)11-22-16(23-12-17)14-5-3-7-18-8-14/h1-9,16,20-21H,10-12H2.